The standard InChI is InChI=1S/C27H38O3/c1-17(6-5-7-18(2)25(29)30)22-10-11-23-21-9-8-19-16-20(28)12-14-26(19,3)24(21)13-15-27(22,23)4/h8-9,16-18,22,24H,5-7,10-15H2,1-4H3,(H,29,30)/t17-,18+,22-,24+,26+,27-/m1/s1. The molecule has 1 saturated carbocycles. The number of ketones is 1. The predicted molar refractivity (Wildman–Crippen MR) is 120 cm³/mol. The van der Waals surface area contributed by atoms with E-state index in [2.05, 4.69) is 32.9 Å². The summed E-state index contributed by atoms with van der Waals surface area (Å²) in [6, 6.07) is 0. The number of rotatable bonds is 6. The third-order valence-electron chi connectivity index (χ3n) is 9.37. The number of hydrogen-bond donors (Lipinski definition) is 1. The van der Waals surface area contributed by atoms with E-state index in [1.54, 1.807) is 11.1 Å². The molecule has 0 aromatic rings. The van der Waals surface area contributed by atoms with Crippen LogP contribution in [0.4, 0.5) is 0 Å². The van der Waals surface area contributed by atoms with Crippen LogP contribution in [0.1, 0.15) is 85.5 Å². The van der Waals surface area contributed by atoms with Crippen LogP contribution in [-0.4, -0.2) is 16.9 Å². The van der Waals surface area contributed by atoms with Gasteiger partial charge in [0.15, 0.2) is 5.78 Å². The Bertz CT molecular complexity index is 831. The first-order valence-corrected chi connectivity index (χ1v) is 12.1. The Morgan fingerprint density at radius 2 is 1.87 bits per heavy atom. The van der Waals surface area contributed by atoms with E-state index in [1.807, 2.05) is 13.0 Å². The van der Waals surface area contributed by atoms with E-state index in [9.17, 15) is 9.59 Å². The summed E-state index contributed by atoms with van der Waals surface area (Å²) in [4.78, 5) is 23.1. The highest BCUT2D eigenvalue weighted by Crippen LogP contribution is 2.63. The monoisotopic (exact) mass is 410 g/mol. The fourth-order valence-electron chi connectivity index (χ4n) is 7.34. The van der Waals surface area contributed by atoms with Gasteiger partial charge < -0.3 is 5.11 Å². The van der Waals surface area contributed by atoms with Crippen LogP contribution in [0.2, 0.25) is 0 Å². The number of fused-ring (bicyclic) bond motifs is 4. The molecule has 0 radical (unpaired) electrons. The van der Waals surface area contributed by atoms with Crippen molar-refractivity contribution in [2.24, 2.45) is 34.5 Å². The van der Waals surface area contributed by atoms with Gasteiger partial charge in [-0.2, -0.15) is 0 Å². The molecule has 0 bridgehead atoms. The summed E-state index contributed by atoms with van der Waals surface area (Å²) < 4.78 is 0. The Balaban J connectivity index is 1.54. The molecule has 30 heavy (non-hydrogen) atoms. The topological polar surface area (TPSA) is 54.4 Å². The molecule has 1 N–H and O–H groups in total. The number of aliphatic carboxylic acids is 1. The van der Waals surface area contributed by atoms with Crippen molar-refractivity contribution >= 4 is 11.8 Å². The lowest BCUT2D eigenvalue weighted by Gasteiger charge is -2.51. The molecule has 3 nitrogen and oxygen atoms in total. The van der Waals surface area contributed by atoms with Crippen molar-refractivity contribution < 1.29 is 14.7 Å². The van der Waals surface area contributed by atoms with Crippen LogP contribution in [0.3, 0.4) is 0 Å². The number of carbonyl (C=O) groups is 2. The lowest BCUT2D eigenvalue weighted by Crippen LogP contribution is -2.41. The summed E-state index contributed by atoms with van der Waals surface area (Å²) in [5.41, 5.74) is 4.96. The Kier molecular flexibility index (Phi) is 5.61. The quantitative estimate of drug-likeness (QED) is 0.543. The summed E-state index contributed by atoms with van der Waals surface area (Å²) >= 11 is 0. The Labute approximate surface area is 181 Å². The predicted octanol–water partition coefficient (Wildman–Crippen LogP) is 6.50. The molecule has 4 aliphatic rings. The largest absolute Gasteiger partial charge is 0.481 e. The first-order chi connectivity index (χ1) is 14.2. The van der Waals surface area contributed by atoms with Gasteiger partial charge in [0.1, 0.15) is 0 Å². The Morgan fingerprint density at radius 1 is 1.10 bits per heavy atom. The highest BCUT2D eigenvalue weighted by molar-refractivity contribution is 5.92. The smallest absolute Gasteiger partial charge is 0.306 e. The lowest BCUT2D eigenvalue weighted by molar-refractivity contribution is -0.141. The fraction of sp³-hybridized carbons (Fsp3) is 0.704. The van der Waals surface area contributed by atoms with Gasteiger partial charge in [-0.1, -0.05) is 58.3 Å². The molecule has 0 unspecified atom stereocenters. The van der Waals surface area contributed by atoms with Crippen molar-refractivity contribution in [3.63, 3.8) is 0 Å². The second-order valence-electron chi connectivity index (χ2n) is 11.1. The molecular weight excluding hydrogens is 372 g/mol. The lowest BCUT2D eigenvalue weighted by atomic mass is 9.53. The minimum atomic E-state index is -0.670. The first kappa shape index (κ1) is 21.6. The van der Waals surface area contributed by atoms with E-state index in [-0.39, 0.29) is 22.5 Å². The van der Waals surface area contributed by atoms with E-state index >= 15 is 0 Å². The number of allylic oxidation sites excluding steroid dienone is 6. The van der Waals surface area contributed by atoms with Crippen LogP contribution in [0.15, 0.2) is 34.9 Å². The minimum absolute atomic E-state index is 0.128. The summed E-state index contributed by atoms with van der Waals surface area (Å²) in [5.74, 6) is 1.29. The Morgan fingerprint density at radius 3 is 2.60 bits per heavy atom. The van der Waals surface area contributed by atoms with Crippen molar-refractivity contribution in [3.8, 4) is 0 Å². The van der Waals surface area contributed by atoms with Crippen LogP contribution in [0.25, 0.3) is 0 Å². The van der Waals surface area contributed by atoms with Crippen molar-refractivity contribution in [1.82, 2.24) is 0 Å². The van der Waals surface area contributed by atoms with E-state index in [0.29, 0.717) is 24.2 Å². The zero-order valence-corrected chi connectivity index (χ0v) is 19.2. The molecule has 164 valence electrons. The maximum Gasteiger partial charge on any atom is 0.306 e. The second-order valence-corrected chi connectivity index (χ2v) is 11.1. The SMILES string of the molecule is C[C@H](CCC[C@H](C)C(=O)O)[C@H]1CCC2=C3C=CC4=CC(=O)CC[C@]4(C)[C@H]3CC[C@@]21C. The van der Waals surface area contributed by atoms with Gasteiger partial charge in [0.2, 0.25) is 0 Å². The molecule has 0 aromatic carbocycles. The molecule has 1 fully saturated rings. The summed E-state index contributed by atoms with van der Waals surface area (Å²) in [6.07, 6.45) is 16.1. The zero-order chi connectivity index (χ0) is 21.7. The van der Waals surface area contributed by atoms with E-state index in [0.717, 1.165) is 25.7 Å². The minimum Gasteiger partial charge on any atom is -0.481 e. The molecular formula is C27H38O3. The Hall–Kier alpha value is -1.64. The zero-order valence-electron chi connectivity index (χ0n) is 19.2. The first-order valence-electron chi connectivity index (χ1n) is 12.1. The summed E-state index contributed by atoms with van der Waals surface area (Å²) in [5, 5.41) is 9.15. The van der Waals surface area contributed by atoms with Gasteiger partial charge >= 0.3 is 5.97 Å². The normalized spacial score (nSPS) is 37.2. The number of carboxylic acids is 1. The van der Waals surface area contributed by atoms with Gasteiger partial charge in [0.05, 0.1) is 5.92 Å². The maximum atomic E-state index is 12.0. The van der Waals surface area contributed by atoms with Gasteiger partial charge in [0, 0.05) is 6.42 Å². The van der Waals surface area contributed by atoms with Gasteiger partial charge in [-0.25, -0.2) is 0 Å². The molecule has 0 amide bonds. The number of carbonyl (C=O) groups excluding carboxylic acids is 1. The van der Waals surface area contributed by atoms with E-state index in [4.69, 9.17) is 5.11 Å². The van der Waals surface area contributed by atoms with Crippen molar-refractivity contribution in [1.29, 1.82) is 0 Å². The van der Waals surface area contributed by atoms with Crippen LogP contribution in [0, 0.1) is 34.5 Å². The highest BCUT2D eigenvalue weighted by atomic mass is 16.4. The molecule has 0 heterocycles. The molecule has 0 spiro atoms. The van der Waals surface area contributed by atoms with Crippen molar-refractivity contribution in [2.45, 2.75) is 85.5 Å². The summed E-state index contributed by atoms with van der Waals surface area (Å²) in [6.45, 7) is 9.12. The number of carboxylic acid groups (broad SMARTS) is 1. The third-order valence-corrected chi connectivity index (χ3v) is 9.37. The van der Waals surface area contributed by atoms with Gasteiger partial charge in [-0.3, -0.25) is 9.59 Å². The van der Waals surface area contributed by atoms with Crippen molar-refractivity contribution in [3.05, 3.63) is 34.9 Å². The van der Waals surface area contributed by atoms with Gasteiger partial charge in [0.25, 0.3) is 0 Å². The van der Waals surface area contributed by atoms with Crippen LogP contribution < -0.4 is 0 Å². The molecule has 4 rings (SSSR count). The van der Waals surface area contributed by atoms with Crippen molar-refractivity contribution in [2.75, 3.05) is 0 Å². The van der Waals surface area contributed by atoms with Crippen LogP contribution >= 0.6 is 0 Å². The average molecular weight is 411 g/mol. The second kappa shape index (κ2) is 7.80. The molecule has 0 aliphatic heterocycles. The highest BCUT2D eigenvalue weighted by Gasteiger charge is 2.53. The molecule has 6 atom stereocenters. The van der Waals surface area contributed by atoms with Gasteiger partial charge in [-0.05, 0) is 84.3 Å². The van der Waals surface area contributed by atoms with Gasteiger partial charge in [-0.15, -0.1) is 0 Å². The van der Waals surface area contributed by atoms with E-state index < -0.39 is 5.97 Å². The molecule has 0 saturated heterocycles. The number of hydrogen-bond acceptors (Lipinski definition) is 2. The maximum absolute atomic E-state index is 12.0. The van der Waals surface area contributed by atoms with Crippen LogP contribution in [-0.2, 0) is 9.59 Å². The molecule has 3 heteroatoms. The molecule has 4 aliphatic carbocycles. The average Bonchev–Trinajstić information content (AvgIpc) is 3.05. The summed E-state index contributed by atoms with van der Waals surface area (Å²) in [7, 11) is 0. The third kappa shape index (κ3) is 3.42. The van der Waals surface area contributed by atoms with E-state index in [1.165, 1.54) is 31.3 Å². The fourth-order valence-corrected chi connectivity index (χ4v) is 7.34. The van der Waals surface area contributed by atoms with Crippen LogP contribution in [0.5, 0.6) is 0 Å². The molecule has 0 aromatic heterocycles.